The first-order chi connectivity index (χ1) is 12.4. The quantitative estimate of drug-likeness (QED) is 0.435. The third kappa shape index (κ3) is 3.19. The molecule has 0 spiro atoms. The van der Waals surface area contributed by atoms with Gasteiger partial charge in [0.05, 0.1) is 5.57 Å². The van der Waals surface area contributed by atoms with Crippen molar-refractivity contribution in [1.29, 1.82) is 5.41 Å². The Bertz CT molecular complexity index is 991. The lowest BCUT2D eigenvalue weighted by molar-refractivity contribution is 0.360. The van der Waals surface area contributed by atoms with E-state index in [4.69, 9.17) is 16.9 Å². The third-order valence-corrected chi connectivity index (χ3v) is 4.63. The van der Waals surface area contributed by atoms with Crippen molar-refractivity contribution in [1.82, 2.24) is 19.7 Å². The predicted octanol–water partition coefficient (Wildman–Crippen LogP) is -0.182. The van der Waals surface area contributed by atoms with Crippen LogP contribution in [0.2, 0.25) is 0 Å². The lowest BCUT2D eigenvalue weighted by Gasteiger charge is -2.37. The van der Waals surface area contributed by atoms with Crippen molar-refractivity contribution < 1.29 is 0 Å². The highest BCUT2D eigenvalue weighted by atomic mass is 16.1. The molecule has 0 radical (unpaired) electrons. The van der Waals surface area contributed by atoms with Gasteiger partial charge in [0.2, 0.25) is 5.95 Å². The molecule has 136 valence electrons. The normalized spacial score (nSPS) is 17.0. The lowest BCUT2D eigenvalue weighted by atomic mass is 9.91. The van der Waals surface area contributed by atoms with Crippen molar-refractivity contribution in [2.45, 2.75) is 25.3 Å². The molecule has 1 saturated heterocycles. The lowest BCUT2D eigenvalue weighted by Crippen LogP contribution is -2.49. The number of anilines is 1. The minimum absolute atomic E-state index is 0.181. The molecule has 0 bridgehead atoms. The minimum atomic E-state index is -0.225. The summed E-state index contributed by atoms with van der Waals surface area (Å²) in [6, 6.07) is 0. The summed E-state index contributed by atoms with van der Waals surface area (Å²) < 4.78 is 1.51. The smallest absolute Gasteiger partial charge is 0.267 e. The number of H-pyrrole nitrogens is 1. The molecule has 0 aromatic carbocycles. The maximum absolute atomic E-state index is 12.8. The van der Waals surface area contributed by atoms with Gasteiger partial charge >= 0.3 is 0 Å². The van der Waals surface area contributed by atoms with Crippen LogP contribution in [-0.4, -0.2) is 44.6 Å². The molecule has 0 amide bonds. The van der Waals surface area contributed by atoms with E-state index in [-0.39, 0.29) is 16.8 Å². The summed E-state index contributed by atoms with van der Waals surface area (Å²) in [5.41, 5.74) is 12.2. The van der Waals surface area contributed by atoms with Crippen molar-refractivity contribution in [2.24, 2.45) is 18.5 Å². The van der Waals surface area contributed by atoms with Crippen LogP contribution in [0.3, 0.4) is 0 Å². The van der Waals surface area contributed by atoms with Crippen LogP contribution < -0.4 is 21.9 Å². The summed E-state index contributed by atoms with van der Waals surface area (Å²) in [4.78, 5) is 19.5. The van der Waals surface area contributed by atoms with Crippen molar-refractivity contribution in [3.05, 3.63) is 27.8 Å². The first-order valence-electron chi connectivity index (χ1n) is 8.29. The average molecular weight is 354 g/mol. The number of aromatic amines is 1. The van der Waals surface area contributed by atoms with Crippen LogP contribution >= 0.6 is 0 Å². The van der Waals surface area contributed by atoms with Gasteiger partial charge in [0.15, 0.2) is 11.3 Å². The zero-order chi connectivity index (χ0) is 18.9. The predicted molar refractivity (Wildman–Crippen MR) is 101 cm³/mol. The Morgan fingerprint density at radius 2 is 2.12 bits per heavy atom. The number of piperidine rings is 1. The number of allylic oxidation sites excluding steroid dienone is 1. The number of hydrogen-bond acceptors (Lipinski definition) is 7. The van der Waals surface area contributed by atoms with Gasteiger partial charge in [0.1, 0.15) is 5.39 Å². The molecule has 9 nitrogen and oxygen atoms in total. The highest BCUT2D eigenvalue weighted by Crippen LogP contribution is 2.23. The van der Waals surface area contributed by atoms with Gasteiger partial charge < -0.3 is 21.8 Å². The van der Waals surface area contributed by atoms with Crippen LogP contribution in [0.15, 0.2) is 16.6 Å². The second-order valence-electron chi connectivity index (χ2n) is 6.73. The fourth-order valence-electron chi connectivity index (χ4n) is 2.90. The highest BCUT2D eigenvalue weighted by molar-refractivity contribution is 5.85. The Kier molecular flexibility index (Phi) is 4.52. The van der Waals surface area contributed by atoms with E-state index in [1.54, 1.807) is 7.05 Å². The summed E-state index contributed by atoms with van der Waals surface area (Å²) in [6.45, 7) is 3.52. The molecule has 1 aliphatic heterocycles. The number of fused-ring (bicyclic) bond motifs is 1. The maximum atomic E-state index is 12.8. The van der Waals surface area contributed by atoms with Gasteiger partial charge in [-0.05, 0) is 25.7 Å². The molecule has 3 rings (SSSR count). The van der Waals surface area contributed by atoms with E-state index in [0.29, 0.717) is 22.6 Å². The molecule has 26 heavy (non-hydrogen) atoms. The van der Waals surface area contributed by atoms with E-state index in [1.807, 2.05) is 6.92 Å². The fraction of sp³-hybridized carbons (Fsp3) is 0.412. The molecule has 9 heteroatoms. The monoisotopic (exact) mass is 354 g/mol. The Balaban J connectivity index is 2.03. The second kappa shape index (κ2) is 6.65. The molecule has 0 unspecified atom stereocenters. The Hall–Kier alpha value is -3.12. The standard InChI is InChI=1S/C17H22N8O/c1-17(20)5-7-25(8-6-17)16-21-14-13(15(26)24(16)2)12(22-23-14)4-3-11(9-18)10-19/h9-10,18H,5-8,19-20H2,1-2H3,(H,22,23)/b11-10-,18-9?. The molecule has 0 atom stereocenters. The van der Waals surface area contributed by atoms with E-state index >= 15 is 0 Å². The number of nitrogens with zero attached hydrogens (tertiary/aromatic N) is 4. The molecule has 0 saturated carbocycles. The zero-order valence-corrected chi connectivity index (χ0v) is 14.8. The largest absolute Gasteiger partial charge is 0.404 e. The minimum Gasteiger partial charge on any atom is -0.404 e. The van der Waals surface area contributed by atoms with E-state index in [9.17, 15) is 4.79 Å². The van der Waals surface area contributed by atoms with Crippen LogP contribution in [-0.2, 0) is 7.05 Å². The second-order valence-corrected chi connectivity index (χ2v) is 6.73. The van der Waals surface area contributed by atoms with Crippen molar-refractivity contribution >= 4 is 23.2 Å². The van der Waals surface area contributed by atoms with Crippen molar-refractivity contribution in [3.63, 3.8) is 0 Å². The Labute approximate surface area is 150 Å². The SMILES string of the molecule is Cn1c(N2CCC(C)(N)CC2)nc2[nH]nc(C#C/C(C=N)=C/N)c2c1=O. The van der Waals surface area contributed by atoms with Crippen molar-refractivity contribution in [3.8, 4) is 11.8 Å². The van der Waals surface area contributed by atoms with Gasteiger partial charge in [-0.25, -0.2) is 0 Å². The average Bonchev–Trinajstić information content (AvgIpc) is 3.02. The molecule has 6 N–H and O–H groups in total. The number of nitrogens with two attached hydrogens (primary N) is 2. The zero-order valence-electron chi connectivity index (χ0n) is 14.8. The Morgan fingerprint density at radius 3 is 2.73 bits per heavy atom. The van der Waals surface area contributed by atoms with Crippen LogP contribution in [0.25, 0.3) is 11.0 Å². The molecule has 3 heterocycles. The van der Waals surface area contributed by atoms with E-state index in [1.165, 1.54) is 10.8 Å². The molecule has 1 aliphatic rings. The van der Waals surface area contributed by atoms with E-state index < -0.39 is 0 Å². The van der Waals surface area contributed by atoms with Crippen molar-refractivity contribution in [2.75, 3.05) is 18.0 Å². The topological polar surface area (TPSA) is 143 Å². The summed E-state index contributed by atoms with van der Waals surface area (Å²) in [7, 11) is 1.69. The maximum Gasteiger partial charge on any atom is 0.267 e. The van der Waals surface area contributed by atoms with E-state index in [2.05, 4.69) is 31.9 Å². The summed E-state index contributed by atoms with van der Waals surface area (Å²) in [5.74, 6) is 6.07. The van der Waals surface area contributed by atoms with Gasteiger partial charge in [-0.2, -0.15) is 10.1 Å². The Morgan fingerprint density at radius 1 is 1.42 bits per heavy atom. The highest BCUT2D eigenvalue weighted by Gasteiger charge is 2.28. The van der Waals surface area contributed by atoms with Gasteiger partial charge in [-0.1, -0.05) is 5.92 Å². The number of rotatable bonds is 2. The first-order valence-corrected chi connectivity index (χ1v) is 8.29. The van der Waals surface area contributed by atoms with Crippen LogP contribution in [0.4, 0.5) is 5.95 Å². The summed E-state index contributed by atoms with van der Waals surface area (Å²) in [5, 5.41) is 14.4. The number of hydrogen-bond donors (Lipinski definition) is 4. The van der Waals surface area contributed by atoms with Crippen LogP contribution in [0, 0.1) is 17.3 Å². The summed E-state index contributed by atoms with van der Waals surface area (Å²) in [6.07, 6.45) is 3.93. The van der Waals surface area contributed by atoms with Gasteiger partial charge in [0, 0.05) is 38.1 Å². The molecule has 0 aliphatic carbocycles. The van der Waals surface area contributed by atoms with Gasteiger partial charge in [-0.15, -0.1) is 0 Å². The molecule has 2 aromatic rings. The molecular weight excluding hydrogens is 332 g/mol. The first kappa shape index (κ1) is 17.7. The number of aromatic nitrogens is 4. The van der Waals surface area contributed by atoms with E-state index in [0.717, 1.165) is 32.1 Å². The fourth-order valence-corrected chi connectivity index (χ4v) is 2.90. The number of nitrogens with one attached hydrogen (secondary N) is 2. The molecular formula is C17H22N8O. The molecule has 2 aromatic heterocycles. The van der Waals surface area contributed by atoms with Crippen LogP contribution in [0.1, 0.15) is 25.5 Å². The molecule has 1 fully saturated rings. The summed E-state index contributed by atoms with van der Waals surface area (Å²) >= 11 is 0. The van der Waals surface area contributed by atoms with Gasteiger partial charge in [0.25, 0.3) is 5.56 Å². The third-order valence-electron chi connectivity index (χ3n) is 4.63. The van der Waals surface area contributed by atoms with Crippen LogP contribution in [0.5, 0.6) is 0 Å². The van der Waals surface area contributed by atoms with Gasteiger partial charge in [-0.3, -0.25) is 14.5 Å².